The van der Waals surface area contributed by atoms with Gasteiger partial charge in [0.1, 0.15) is 5.75 Å². The first-order valence-electron chi connectivity index (χ1n) is 14.6. The SMILES string of the molecule is Cc1nc(Oc2ccc(C(=O)O)cc2)ccc1CN1CCC(N(C=O)C(C)CN(C)C2CC3CCC(C2)O3)CC1. The molecule has 0 saturated carbocycles. The molecule has 3 saturated heterocycles. The lowest BCUT2D eigenvalue weighted by Crippen LogP contribution is -2.52. The summed E-state index contributed by atoms with van der Waals surface area (Å²) in [5.74, 6) is 0.0654. The van der Waals surface area contributed by atoms with Crippen LogP contribution in [0.2, 0.25) is 0 Å². The first-order valence-corrected chi connectivity index (χ1v) is 14.6. The van der Waals surface area contributed by atoms with E-state index in [1.54, 1.807) is 12.1 Å². The monoisotopic (exact) mass is 550 g/mol. The van der Waals surface area contributed by atoms with Crippen LogP contribution in [0.4, 0.5) is 0 Å². The van der Waals surface area contributed by atoms with Crippen LogP contribution in [0.3, 0.4) is 0 Å². The lowest BCUT2D eigenvalue weighted by Gasteiger charge is -2.42. The quantitative estimate of drug-likeness (QED) is 0.413. The number of nitrogens with zero attached hydrogens (tertiary/aromatic N) is 4. The summed E-state index contributed by atoms with van der Waals surface area (Å²) in [6, 6.07) is 11.2. The topological polar surface area (TPSA) is 95.4 Å². The number of amides is 1. The molecule has 0 spiro atoms. The molecule has 40 heavy (non-hydrogen) atoms. The van der Waals surface area contributed by atoms with Crippen molar-refractivity contribution in [1.29, 1.82) is 0 Å². The van der Waals surface area contributed by atoms with Crippen LogP contribution in [0.5, 0.6) is 11.6 Å². The summed E-state index contributed by atoms with van der Waals surface area (Å²) in [6.07, 6.45) is 8.46. The van der Waals surface area contributed by atoms with E-state index in [4.69, 9.17) is 14.6 Å². The normalized spacial score (nSPS) is 24.1. The van der Waals surface area contributed by atoms with E-state index >= 15 is 0 Å². The Balaban J connectivity index is 1.09. The smallest absolute Gasteiger partial charge is 0.335 e. The molecule has 9 heteroatoms. The number of piperidine rings is 1. The minimum absolute atomic E-state index is 0.180. The van der Waals surface area contributed by atoms with E-state index in [1.807, 2.05) is 19.1 Å². The summed E-state index contributed by atoms with van der Waals surface area (Å²) in [7, 11) is 2.21. The van der Waals surface area contributed by atoms with Gasteiger partial charge in [-0.25, -0.2) is 9.78 Å². The summed E-state index contributed by atoms with van der Waals surface area (Å²) in [4.78, 5) is 34.8. The van der Waals surface area contributed by atoms with Crippen molar-refractivity contribution in [1.82, 2.24) is 19.7 Å². The fourth-order valence-corrected chi connectivity index (χ4v) is 6.59. The van der Waals surface area contributed by atoms with Crippen molar-refractivity contribution in [2.75, 3.05) is 26.7 Å². The van der Waals surface area contributed by atoms with Gasteiger partial charge in [0, 0.05) is 56.1 Å². The zero-order valence-corrected chi connectivity index (χ0v) is 23.9. The van der Waals surface area contributed by atoms with Gasteiger partial charge in [-0.1, -0.05) is 6.07 Å². The fraction of sp³-hybridized carbons (Fsp3) is 0.581. The minimum Gasteiger partial charge on any atom is -0.478 e. The second-order valence-corrected chi connectivity index (χ2v) is 11.8. The number of aromatic carboxylic acids is 1. The van der Waals surface area contributed by atoms with Gasteiger partial charge >= 0.3 is 5.97 Å². The number of carbonyl (C=O) groups excluding carboxylic acids is 1. The summed E-state index contributed by atoms with van der Waals surface area (Å²) in [6.45, 7) is 7.75. The zero-order chi connectivity index (χ0) is 28.2. The number of carboxylic acid groups (broad SMARTS) is 1. The molecule has 1 amide bonds. The molecule has 0 radical (unpaired) electrons. The maximum atomic E-state index is 12.2. The molecule has 3 aliphatic heterocycles. The largest absolute Gasteiger partial charge is 0.478 e. The number of benzene rings is 1. The molecule has 9 nitrogen and oxygen atoms in total. The summed E-state index contributed by atoms with van der Waals surface area (Å²) in [5, 5.41) is 9.06. The Morgan fingerprint density at radius 3 is 2.38 bits per heavy atom. The van der Waals surface area contributed by atoms with Gasteiger partial charge in [-0.15, -0.1) is 0 Å². The maximum Gasteiger partial charge on any atom is 0.335 e. The molecule has 1 aromatic carbocycles. The molecule has 3 fully saturated rings. The molecule has 3 atom stereocenters. The summed E-state index contributed by atoms with van der Waals surface area (Å²) in [5.41, 5.74) is 2.28. The molecule has 5 rings (SSSR count). The number of hydrogen-bond donors (Lipinski definition) is 1. The van der Waals surface area contributed by atoms with Gasteiger partial charge in [-0.3, -0.25) is 9.69 Å². The molecular formula is C31H42N4O5. The van der Waals surface area contributed by atoms with E-state index in [0.717, 1.165) is 69.5 Å². The number of likely N-dealkylation sites (N-methyl/N-ethyl adjacent to an activating group) is 1. The number of pyridine rings is 1. The standard InChI is InChI=1S/C31H42N4O5/c1-21(18-33(3)26-16-28-9-10-29(17-26)39-28)35(20-36)25-12-14-34(15-13-25)19-24-6-11-30(32-22(24)2)40-27-7-4-23(5-8-27)31(37)38/h4-8,11,20-21,25-26,28-29H,9-10,12-19H2,1-3H3,(H,37,38). The number of hydrogen-bond acceptors (Lipinski definition) is 7. The van der Waals surface area contributed by atoms with Gasteiger partial charge in [0.15, 0.2) is 0 Å². The second kappa shape index (κ2) is 12.7. The predicted molar refractivity (Wildman–Crippen MR) is 152 cm³/mol. The highest BCUT2D eigenvalue weighted by Gasteiger charge is 2.37. The number of ether oxygens (including phenoxy) is 2. The summed E-state index contributed by atoms with van der Waals surface area (Å²) >= 11 is 0. The Kier molecular flexibility index (Phi) is 9.03. The zero-order valence-electron chi connectivity index (χ0n) is 23.9. The van der Waals surface area contributed by atoms with Crippen LogP contribution in [0.15, 0.2) is 36.4 Å². The first kappa shape index (κ1) is 28.5. The number of likely N-dealkylation sites (tertiary alicyclic amines) is 1. The van der Waals surface area contributed by atoms with Crippen molar-refractivity contribution in [3.63, 3.8) is 0 Å². The molecule has 2 aromatic rings. The molecule has 2 bridgehead atoms. The van der Waals surface area contributed by atoms with Gasteiger partial charge in [0.05, 0.1) is 17.8 Å². The number of fused-ring (bicyclic) bond motifs is 2. The number of rotatable bonds is 11. The van der Waals surface area contributed by atoms with E-state index in [2.05, 4.69) is 33.7 Å². The van der Waals surface area contributed by atoms with Crippen LogP contribution in [0, 0.1) is 6.92 Å². The van der Waals surface area contributed by atoms with E-state index in [1.165, 1.54) is 25.0 Å². The van der Waals surface area contributed by atoms with Gasteiger partial charge in [0.2, 0.25) is 12.3 Å². The number of aromatic nitrogens is 1. The molecule has 1 aromatic heterocycles. The van der Waals surface area contributed by atoms with Gasteiger partial charge in [-0.2, -0.15) is 0 Å². The average Bonchev–Trinajstić information content (AvgIpc) is 3.28. The van der Waals surface area contributed by atoms with Crippen molar-refractivity contribution >= 4 is 12.4 Å². The van der Waals surface area contributed by atoms with Gasteiger partial charge in [0.25, 0.3) is 0 Å². The Morgan fingerprint density at radius 1 is 1.10 bits per heavy atom. The number of carbonyl (C=O) groups is 2. The van der Waals surface area contributed by atoms with Crippen LogP contribution in [0.1, 0.15) is 67.1 Å². The van der Waals surface area contributed by atoms with Crippen molar-refractivity contribution in [3.05, 3.63) is 53.2 Å². The first-order chi connectivity index (χ1) is 19.3. The molecule has 0 aliphatic carbocycles. The third kappa shape index (κ3) is 6.82. The Bertz CT molecular complexity index is 1150. The second-order valence-electron chi connectivity index (χ2n) is 11.8. The highest BCUT2D eigenvalue weighted by molar-refractivity contribution is 5.87. The van der Waals surface area contributed by atoms with E-state index in [0.29, 0.717) is 29.9 Å². The molecule has 3 unspecified atom stereocenters. The van der Waals surface area contributed by atoms with Crippen molar-refractivity contribution in [2.24, 2.45) is 0 Å². The summed E-state index contributed by atoms with van der Waals surface area (Å²) < 4.78 is 11.8. The van der Waals surface area contributed by atoms with Crippen molar-refractivity contribution in [3.8, 4) is 11.6 Å². The van der Waals surface area contributed by atoms with Crippen molar-refractivity contribution < 1.29 is 24.2 Å². The Labute approximate surface area is 237 Å². The van der Waals surface area contributed by atoms with Crippen LogP contribution in [-0.4, -0.2) is 94.2 Å². The maximum absolute atomic E-state index is 12.2. The van der Waals surface area contributed by atoms with E-state index < -0.39 is 5.97 Å². The van der Waals surface area contributed by atoms with Gasteiger partial charge in [-0.05, 0) is 89.2 Å². The molecule has 1 N–H and O–H groups in total. The molecular weight excluding hydrogens is 508 g/mol. The number of carboxylic acids is 1. The predicted octanol–water partition coefficient (Wildman–Crippen LogP) is 4.33. The molecule has 4 heterocycles. The van der Waals surface area contributed by atoms with E-state index in [-0.39, 0.29) is 17.6 Å². The van der Waals surface area contributed by atoms with Crippen LogP contribution in [0.25, 0.3) is 0 Å². The highest BCUT2D eigenvalue weighted by Crippen LogP contribution is 2.34. The third-order valence-electron chi connectivity index (χ3n) is 8.94. The minimum atomic E-state index is -0.966. The van der Waals surface area contributed by atoms with Crippen LogP contribution < -0.4 is 4.74 Å². The Morgan fingerprint density at radius 2 is 1.77 bits per heavy atom. The highest BCUT2D eigenvalue weighted by atomic mass is 16.5. The molecule has 3 aliphatic rings. The number of aryl methyl sites for hydroxylation is 1. The third-order valence-corrected chi connectivity index (χ3v) is 8.94. The average molecular weight is 551 g/mol. The van der Waals surface area contributed by atoms with Gasteiger partial charge < -0.3 is 24.4 Å². The van der Waals surface area contributed by atoms with Crippen LogP contribution >= 0.6 is 0 Å². The van der Waals surface area contributed by atoms with E-state index in [9.17, 15) is 9.59 Å². The molecule has 216 valence electrons. The fourth-order valence-electron chi connectivity index (χ4n) is 6.59. The lowest BCUT2D eigenvalue weighted by molar-refractivity contribution is -0.124. The lowest BCUT2D eigenvalue weighted by atomic mass is 9.99. The van der Waals surface area contributed by atoms with Crippen LogP contribution in [-0.2, 0) is 16.1 Å². The van der Waals surface area contributed by atoms with Crippen molar-refractivity contribution in [2.45, 2.75) is 89.3 Å². The Hall–Kier alpha value is -3.01.